The van der Waals surface area contributed by atoms with Crippen molar-refractivity contribution in [3.63, 3.8) is 0 Å². The summed E-state index contributed by atoms with van der Waals surface area (Å²) >= 11 is 0. The minimum Gasteiger partial charge on any atom is -0.344 e. The molecule has 2 heterocycles. The zero-order valence-corrected chi connectivity index (χ0v) is 8.96. The van der Waals surface area contributed by atoms with Crippen LogP contribution in [-0.4, -0.2) is 21.0 Å². The summed E-state index contributed by atoms with van der Waals surface area (Å²) in [6.07, 6.45) is 3.33. The van der Waals surface area contributed by atoms with Crippen molar-refractivity contribution in [2.75, 3.05) is 0 Å². The van der Waals surface area contributed by atoms with E-state index in [0.717, 1.165) is 5.56 Å². The zero-order valence-electron chi connectivity index (χ0n) is 8.96. The van der Waals surface area contributed by atoms with Crippen LogP contribution in [0.15, 0.2) is 29.0 Å². The number of carbonyl (C=O) groups excluding carboxylic acids is 1. The molecule has 17 heavy (non-hydrogen) atoms. The molecule has 3 N–H and O–H groups in total. The number of nitrogens with two attached hydrogens (primary N) is 1. The summed E-state index contributed by atoms with van der Waals surface area (Å²) in [6, 6.07) is 3.65. The van der Waals surface area contributed by atoms with E-state index in [4.69, 9.17) is 10.3 Å². The number of hydrogen-bond acceptors (Lipinski definition) is 6. The molecule has 2 rings (SSSR count). The van der Waals surface area contributed by atoms with E-state index in [2.05, 4.69) is 20.4 Å². The molecule has 7 heteroatoms. The molecule has 88 valence electrons. The van der Waals surface area contributed by atoms with Gasteiger partial charge in [0.05, 0.1) is 6.54 Å². The third-order valence-electron chi connectivity index (χ3n) is 2.02. The van der Waals surface area contributed by atoms with Crippen molar-refractivity contribution in [3.05, 3.63) is 41.8 Å². The van der Waals surface area contributed by atoms with Gasteiger partial charge in [-0.1, -0.05) is 11.2 Å². The summed E-state index contributed by atoms with van der Waals surface area (Å²) in [5.74, 6) is -0.216. The Labute approximate surface area is 97.0 Å². The fraction of sp³-hybridized carbons (Fsp3) is 0.200. The van der Waals surface area contributed by atoms with Crippen molar-refractivity contribution in [2.24, 2.45) is 5.73 Å². The first-order valence-corrected chi connectivity index (χ1v) is 4.99. The summed E-state index contributed by atoms with van der Waals surface area (Å²) in [5.41, 5.74) is 6.19. The molecule has 2 aromatic rings. The summed E-state index contributed by atoms with van der Waals surface area (Å²) < 4.78 is 4.74. The summed E-state index contributed by atoms with van der Waals surface area (Å²) in [7, 11) is 0. The van der Waals surface area contributed by atoms with Crippen LogP contribution in [-0.2, 0) is 13.1 Å². The van der Waals surface area contributed by atoms with Crippen molar-refractivity contribution in [2.45, 2.75) is 13.1 Å². The topological polar surface area (TPSA) is 107 Å². The van der Waals surface area contributed by atoms with Crippen LogP contribution in [0.1, 0.15) is 22.1 Å². The van der Waals surface area contributed by atoms with Gasteiger partial charge in [-0.25, -0.2) is 0 Å². The lowest BCUT2D eigenvalue weighted by Crippen LogP contribution is -2.23. The van der Waals surface area contributed by atoms with Crippen LogP contribution in [0.5, 0.6) is 0 Å². The Morgan fingerprint density at radius 1 is 1.53 bits per heavy atom. The molecule has 0 aliphatic rings. The number of rotatable bonds is 4. The van der Waals surface area contributed by atoms with Crippen molar-refractivity contribution in [1.29, 1.82) is 0 Å². The van der Waals surface area contributed by atoms with Gasteiger partial charge in [0.1, 0.15) is 0 Å². The maximum absolute atomic E-state index is 11.6. The maximum Gasteiger partial charge on any atom is 0.315 e. The number of amides is 1. The average Bonchev–Trinajstić information content (AvgIpc) is 2.86. The van der Waals surface area contributed by atoms with E-state index in [1.165, 1.54) is 0 Å². The van der Waals surface area contributed by atoms with Crippen LogP contribution in [0, 0.1) is 0 Å². The van der Waals surface area contributed by atoms with Crippen molar-refractivity contribution < 1.29 is 9.32 Å². The Balaban J connectivity index is 1.93. The van der Waals surface area contributed by atoms with Gasteiger partial charge in [-0.05, 0) is 11.6 Å². The third kappa shape index (κ3) is 2.85. The summed E-state index contributed by atoms with van der Waals surface area (Å²) in [4.78, 5) is 19.3. The fourth-order valence-electron chi connectivity index (χ4n) is 1.19. The van der Waals surface area contributed by atoms with Gasteiger partial charge in [0.25, 0.3) is 0 Å². The molecule has 0 aromatic carbocycles. The number of aromatic nitrogens is 3. The molecule has 0 atom stereocenters. The predicted molar refractivity (Wildman–Crippen MR) is 57.6 cm³/mol. The van der Waals surface area contributed by atoms with Gasteiger partial charge in [0.15, 0.2) is 5.82 Å². The molecule has 0 radical (unpaired) electrons. The van der Waals surface area contributed by atoms with E-state index < -0.39 is 5.91 Å². The number of nitrogens with zero attached hydrogens (tertiary/aromatic N) is 3. The normalized spacial score (nSPS) is 10.2. The maximum atomic E-state index is 11.6. The summed E-state index contributed by atoms with van der Waals surface area (Å²) in [5, 5.41) is 6.16. The van der Waals surface area contributed by atoms with Gasteiger partial charge in [0.2, 0.25) is 0 Å². The highest BCUT2D eigenvalue weighted by atomic mass is 16.5. The Bertz CT molecular complexity index is 496. The molecule has 0 fully saturated rings. The molecular weight excluding hydrogens is 222 g/mol. The average molecular weight is 233 g/mol. The second-order valence-electron chi connectivity index (χ2n) is 3.26. The van der Waals surface area contributed by atoms with E-state index in [1.54, 1.807) is 18.5 Å². The minimum atomic E-state index is -0.430. The third-order valence-corrected chi connectivity index (χ3v) is 2.02. The van der Waals surface area contributed by atoms with Crippen LogP contribution in [0.25, 0.3) is 0 Å². The smallest absolute Gasteiger partial charge is 0.315 e. The number of carbonyl (C=O) groups is 1. The minimum absolute atomic E-state index is 0.0886. The lowest BCUT2D eigenvalue weighted by molar-refractivity contribution is 0.0907. The van der Waals surface area contributed by atoms with Crippen molar-refractivity contribution >= 4 is 5.91 Å². The zero-order chi connectivity index (χ0) is 12.1. The van der Waals surface area contributed by atoms with E-state index in [0.29, 0.717) is 12.4 Å². The highest BCUT2D eigenvalue weighted by Crippen LogP contribution is 1.98. The number of pyridine rings is 1. The number of hydrogen-bond donors (Lipinski definition) is 2. The summed E-state index contributed by atoms with van der Waals surface area (Å²) in [6.45, 7) is 0.492. The molecule has 0 aliphatic carbocycles. The van der Waals surface area contributed by atoms with Gasteiger partial charge < -0.3 is 15.6 Å². The van der Waals surface area contributed by atoms with Gasteiger partial charge in [0, 0.05) is 18.9 Å². The first-order valence-electron chi connectivity index (χ1n) is 4.99. The lowest BCUT2D eigenvalue weighted by atomic mass is 10.3. The molecule has 0 saturated heterocycles. The molecule has 1 amide bonds. The van der Waals surface area contributed by atoms with Crippen LogP contribution in [0.2, 0.25) is 0 Å². The molecular formula is C10H11N5O2. The molecule has 0 aliphatic heterocycles. The van der Waals surface area contributed by atoms with Crippen LogP contribution in [0.3, 0.4) is 0 Å². The quantitative estimate of drug-likeness (QED) is 0.760. The largest absolute Gasteiger partial charge is 0.344 e. The van der Waals surface area contributed by atoms with E-state index >= 15 is 0 Å². The van der Waals surface area contributed by atoms with Crippen LogP contribution in [0.4, 0.5) is 0 Å². The molecule has 7 nitrogen and oxygen atoms in total. The van der Waals surface area contributed by atoms with Crippen molar-refractivity contribution in [1.82, 2.24) is 20.4 Å². The molecule has 0 bridgehead atoms. The Morgan fingerprint density at radius 2 is 2.41 bits per heavy atom. The fourth-order valence-corrected chi connectivity index (χ4v) is 1.19. The van der Waals surface area contributed by atoms with Crippen LogP contribution < -0.4 is 11.1 Å². The highest BCUT2D eigenvalue weighted by molar-refractivity contribution is 5.89. The molecule has 0 unspecified atom stereocenters. The highest BCUT2D eigenvalue weighted by Gasteiger charge is 2.13. The molecule has 0 spiro atoms. The van der Waals surface area contributed by atoms with Crippen molar-refractivity contribution in [3.8, 4) is 0 Å². The van der Waals surface area contributed by atoms with Gasteiger partial charge in [-0.2, -0.15) is 4.98 Å². The predicted octanol–water partition coefficient (Wildman–Crippen LogP) is -0.147. The first-order chi connectivity index (χ1) is 8.29. The van der Waals surface area contributed by atoms with Gasteiger partial charge in [-0.3, -0.25) is 9.78 Å². The lowest BCUT2D eigenvalue weighted by Gasteiger charge is -2.00. The standard InChI is InChI=1S/C10H11N5O2/c11-4-8-14-10(17-15-8)9(16)13-6-7-2-1-3-12-5-7/h1-3,5H,4,6,11H2,(H,13,16). The second kappa shape index (κ2) is 5.17. The van der Waals surface area contributed by atoms with Gasteiger partial charge >= 0.3 is 11.8 Å². The second-order valence-corrected chi connectivity index (χ2v) is 3.26. The Kier molecular flexibility index (Phi) is 3.41. The van der Waals surface area contributed by atoms with E-state index in [1.807, 2.05) is 6.07 Å². The first kappa shape index (κ1) is 11.2. The Morgan fingerprint density at radius 3 is 3.06 bits per heavy atom. The van der Waals surface area contributed by atoms with E-state index in [-0.39, 0.29) is 12.4 Å². The van der Waals surface area contributed by atoms with Crippen LogP contribution >= 0.6 is 0 Å². The Hall–Kier alpha value is -2.28. The molecule has 2 aromatic heterocycles. The number of nitrogens with one attached hydrogen (secondary N) is 1. The van der Waals surface area contributed by atoms with E-state index in [9.17, 15) is 4.79 Å². The molecule has 0 saturated carbocycles. The monoisotopic (exact) mass is 233 g/mol. The SMILES string of the molecule is NCc1noc(C(=O)NCc2cccnc2)n1. The van der Waals surface area contributed by atoms with Gasteiger partial charge in [-0.15, -0.1) is 0 Å².